The number of alkyl halides is 2. The largest absolute Gasteiger partial charge is 0.471 e. The van der Waals surface area contributed by atoms with Crippen molar-refractivity contribution in [3.05, 3.63) is 77.1 Å². The third kappa shape index (κ3) is 7.74. The Morgan fingerprint density at radius 3 is 2.55 bits per heavy atom. The van der Waals surface area contributed by atoms with Gasteiger partial charge in [0.05, 0.1) is 0 Å². The van der Waals surface area contributed by atoms with Crippen LogP contribution in [0.3, 0.4) is 0 Å². The summed E-state index contributed by atoms with van der Waals surface area (Å²) >= 11 is 0. The molecule has 7 nitrogen and oxygen atoms in total. The lowest BCUT2D eigenvalue weighted by atomic mass is 10.1. The molecule has 31 heavy (non-hydrogen) atoms. The number of rotatable bonds is 10. The molecule has 0 fully saturated rings. The zero-order valence-corrected chi connectivity index (χ0v) is 16.5. The fourth-order valence-electron chi connectivity index (χ4n) is 2.61. The van der Waals surface area contributed by atoms with Gasteiger partial charge in [-0.15, -0.1) is 5.10 Å². The van der Waals surface area contributed by atoms with Gasteiger partial charge in [0.1, 0.15) is 24.2 Å². The molecule has 2 aromatic rings. The summed E-state index contributed by atoms with van der Waals surface area (Å²) in [6, 6.07) is 9.45. The molecule has 0 amide bonds. The van der Waals surface area contributed by atoms with E-state index in [0.717, 1.165) is 5.56 Å². The highest BCUT2D eigenvalue weighted by molar-refractivity contribution is 5.79. The number of nitrogens with zero attached hydrogens (tertiary/aromatic N) is 6. The maximum atomic E-state index is 14.1. The summed E-state index contributed by atoms with van der Waals surface area (Å²) in [5.74, 6) is -1.44. The first-order valence-corrected chi connectivity index (χ1v) is 8.89. The van der Waals surface area contributed by atoms with Gasteiger partial charge in [-0.3, -0.25) is 4.99 Å². The Hall–Kier alpha value is -4.00. The lowest BCUT2D eigenvalue weighted by molar-refractivity contribution is 0.162. The quantitative estimate of drug-likeness (QED) is 0.324. The van der Waals surface area contributed by atoms with Gasteiger partial charge in [-0.25, -0.2) is 9.37 Å². The summed E-state index contributed by atoms with van der Waals surface area (Å²) in [6.45, 7) is 6.78. The Balaban J connectivity index is 2.17. The molecule has 0 saturated heterocycles. The van der Waals surface area contributed by atoms with E-state index in [1.807, 2.05) is 11.0 Å². The van der Waals surface area contributed by atoms with Gasteiger partial charge in [0.2, 0.25) is 0 Å². The van der Waals surface area contributed by atoms with Crippen LogP contribution in [-0.2, 0) is 24.4 Å². The van der Waals surface area contributed by atoms with Crippen LogP contribution in [0.1, 0.15) is 22.4 Å². The standard InChI is InChI=1S/C21H19F3N6O/c1-26-5-6-30(12-15-3-4-19(10-25)28-11-15)13-16-7-17(9-18(22)8-16)14-31-21(20(23)24)29-27-2/h3-9,11,20H,1-2,12-14H2/b6-5-,29-21-. The maximum absolute atomic E-state index is 14.1. The Morgan fingerprint density at radius 2 is 1.94 bits per heavy atom. The van der Waals surface area contributed by atoms with Crippen molar-refractivity contribution in [1.82, 2.24) is 9.88 Å². The van der Waals surface area contributed by atoms with Crippen molar-refractivity contribution in [3.63, 3.8) is 0 Å². The number of aromatic nitrogens is 1. The Kier molecular flexibility index (Phi) is 8.91. The number of pyridine rings is 1. The molecule has 10 heteroatoms. The van der Waals surface area contributed by atoms with E-state index in [0.29, 0.717) is 23.4 Å². The number of ether oxygens (including phenoxy) is 1. The average molecular weight is 428 g/mol. The van der Waals surface area contributed by atoms with Crippen LogP contribution in [0.5, 0.6) is 0 Å². The van der Waals surface area contributed by atoms with Gasteiger partial charge in [-0.2, -0.15) is 19.1 Å². The van der Waals surface area contributed by atoms with Gasteiger partial charge < -0.3 is 9.64 Å². The van der Waals surface area contributed by atoms with Crippen LogP contribution in [0, 0.1) is 17.1 Å². The molecule has 160 valence electrons. The number of halogens is 3. The number of nitriles is 1. The van der Waals surface area contributed by atoms with Crippen LogP contribution >= 0.6 is 0 Å². The summed E-state index contributed by atoms with van der Waals surface area (Å²) in [7, 11) is 0. The fraction of sp³-hybridized carbons (Fsp3) is 0.190. The lowest BCUT2D eigenvalue weighted by Gasteiger charge is -2.21. The second-order valence-electron chi connectivity index (χ2n) is 6.19. The Labute approximate surface area is 177 Å². The first kappa shape index (κ1) is 23.3. The number of benzene rings is 1. The van der Waals surface area contributed by atoms with E-state index in [1.54, 1.807) is 30.6 Å². The lowest BCUT2D eigenvalue weighted by Crippen LogP contribution is -2.17. The molecule has 0 aliphatic carbocycles. The number of hydrogen-bond donors (Lipinski definition) is 0. The summed E-state index contributed by atoms with van der Waals surface area (Å²) in [5.41, 5.74) is 2.04. The molecular formula is C21H19F3N6O. The molecule has 1 aromatic carbocycles. The highest BCUT2D eigenvalue weighted by atomic mass is 19.3. The molecule has 0 aliphatic rings. The zero-order chi connectivity index (χ0) is 22.6. The van der Waals surface area contributed by atoms with Gasteiger partial charge in [0.25, 0.3) is 5.90 Å². The van der Waals surface area contributed by atoms with Gasteiger partial charge >= 0.3 is 6.43 Å². The normalized spacial score (nSPS) is 11.4. The Bertz CT molecular complexity index is 999. The molecule has 0 aliphatic heterocycles. The van der Waals surface area contributed by atoms with Crippen molar-refractivity contribution in [3.8, 4) is 6.07 Å². The molecule has 1 aromatic heterocycles. The molecule has 0 unspecified atom stereocenters. The molecular weight excluding hydrogens is 409 g/mol. The summed E-state index contributed by atoms with van der Waals surface area (Å²) in [6.07, 6.45) is 1.76. The van der Waals surface area contributed by atoms with Gasteiger partial charge in [0.15, 0.2) is 0 Å². The highest BCUT2D eigenvalue weighted by Gasteiger charge is 2.16. The van der Waals surface area contributed by atoms with E-state index in [2.05, 4.69) is 33.6 Å². The van der Waals surface area contributed by atoms with Gasteiger partial charge in [-0.05, 0) is 41.6 Å². The third-order valence-electron chi connectivity index (χ3n) is 3.85. The van der Waals surface area contributed by atoms with Crippen LogP contribution < -0.4 is 0 Å². The van der Waals surface area contributed by atoms with Crippen LogP contribution in [0.25, 0.3) is 0 Å². The van der Waals surface area contributed by atoms with Crippen LogP contribution in [-0.4, -0.2) is 35.6 Å². The van der Waals surface area contributed by atoms with Crippen molar-refractivity contribution >= 4 is 19.3 Å². The van der Waals surface area contributed by atoms with Crippen molar-refractivity contribution in [2.45, 2.75) is 26.1 Å². The summed E-state index contributed by atoms with van der Waals surface area (Å²) < 4.78 is 44.7. The second-order valence-corrected chi connectivity index (χ2v) is 6.19. The van der Waals surface area contributed by atoms with E-state index in [4.69, 9.17) is 10.00 Å². The topological polar surface area (TPSA) is 86.2 Å². The highest BCUT2D eigenvalue weighted by Crippen LogP contribution is 2.16. The van der Waals surface area contributed by atoms with Crippen molar-refractivity contribution < 1.29 is 17.9 Å². The minimum Gasteiger partial charge on any atom is -0.471 e. The number of hydrogen-bond acceptors (Lipinski definition) is 7. The fourth-order valence-corrected chi connectivity index (χ4v) is 2.61. The number of aliphatic imine (C=N–C) groups is 1. The van der Waals surface area contributed by atoms with Crippen LogP contribution in [0.15, 0.2) is 64.1 Å². The maximum Gasteiger partial charge on any atom is 0.314 e. The van der Waals surface area contributed by atoms with E-state index in [-0.39, 0.29) is 13.2 Å². The molecule has 1 heterocycles. The Morgan fingerprint density at radius 1 is 1.19 bits per heavy atom. The van der Waals surface area contributed by atoms with E-state index >= 15 is 0 Å². The van der Waals surface area contributed by atoms with E-state index < -0.39 is 18.1 Å². The predicted octanol–water partition coefficient (Wildman–Crippen LogP) is 4.06. The summed E-state index contributed by atoms with van der Waals surface area (Å²) in [4.78, 5) is 9.53. The predicted molar refractivity (Wildman–Crippen MR) is 111 cm³/mol. The molecule has 0 N–H and O–H groups in total. The SMILES string of the molecule is C=N/C=C\N(Cc1ccc(C#N)nc1)Cc1cc(F)cc(CO/C(=N\N=C)C(F)F)c1. The van der Waals surface area contributed by atoms with E-state index in [1.165, 1.54) is 18.3 Å². The summed E-state index contributed by atoms with van der Waals surface area (Å²) in [5, 5.41) is 15.0. The first-order valence-electron chi connectivity index (χ1n) is 8.89. The molecule has 0 atom stereocenters. The minimum atomic E-state index is -2.97. The molecule has 0 bridgehead atoms. The van der Waals surface area contributed by atoms with Crippen molar-refractivity contribution in [2.24, 2.45) is 15.2 Å². The van der Waals surface area contributed by atoms with Crippen molar-refractivity contribution in [2.75, 3.05) is 0 Å². The van der Waals surface area contributed by atoms with Gasteiger partial charge in [-0.1, -0.05) is 12.1 Å². The van der Waals surface area contributed by atoms with Crippen LogP contribution in [0.4, 0.5) is 13.2 Å². The monoisotopic (exact) mass is 428 g/mol. The molecule has 0 saturated carbocycles. The molecule has 0 radical (unpaired) electrons. The zero-order valence-electron chi connectivity index (χ0n) is 16.5. The molecule has 0 spiro atoms. The van der Waals surface area contributed by atoms with Crippen molar-refractivity contribution in [1.29, 1.82) is 5.26 Å². The van der Waals surface area contributed by atoms with Gasteiger partial charge in [0, 0.05) is 38.4 Å². The van der Waals surface area contributed by atoms with Crippen LogP contribution in [0.2, 0.25) is 0 Å². The first-order chi connectivity index (χ1) is 14.9. The van der Waals surface area contributed by atoms with E-state index in [9.17, 15) is 13.2 Å². The molecule has 2 rings (SSSR count). The second kappa shape index (κ2) is 11.9. The minimum absolute atomic E-state index is 0.279. The smallest absolute Gasteiger partial charge is 0.314 e. The average Bonchev–Trinajstić information content (AvgIpc) is 2.75. The third-order valence-corrected chi connectivity index (χ3v) is 3.85.